The molecule has 0 bridgehead atoms. The first-order chi connectivity index (χ1) is 17.0. The van der Waals surface area contributed by atoms with Gasteiger partial charge in [-0.05, 0) is 54.5 Å². The summed E-state index contributed by atoms with van der Waals surface area (Å²) in [6, 6.07) is 17.3. The van der Waals surface area contributed by atoms with Gasteiger partial charge < -0.3 is 5.32 Å². The fraction of sp³-hybridized carbons (Fsp3) is 0.259. The van der Waals surface area contributed by atoms with Crippen molar-refractivity contribution < 1.29 is 4.79 Å². The molecule has 2 aromatic carbocycles. The largest absolute Gasteiger partial charge is 0.316 e. The Labute approximate surface area is 211 Å². The van der Waals surface area contributed by atoms with Gasteiger partial charge in [0.2, 0.25) is 5.91 Å². The van der Waals surface area contributed by atoms with Crippen LogP contribution in [-0.4, -0.2) is 21.2 Å². The fourth-order valence-electron chi connectivity index (χ4n) is 4.50. The second kappa shape index (κ2) is 9.68. The number of hydrogen-bond acceptors (Lipinski definition) is 6. The van der Waals surface area contributed by atoms with Gasteiger partial charge in [0.05, 0.1) is 27.9 Å². The van der Waals surface area contributed by atoms with Crippen LogP contribution in [0.5, 0.6) is 0 Å². The van der Waals surface area contributed by atoms with Crippen molar-refractivity contribution in [1.82, 2.24) is 9.55 Å². The Hall–Kier alpha value is -3.41. The first-order valence-corrected chi connectivity index (χ1v) is 13.4. The maximum Gasteiger partial charge on any atom is 0.266 e. The van der Waals surface area contributed by atoms with Gasteiger partial charge in [-0.25, -0.2) is 4.98 Å². The monoisotopic (exact) mass is 500 g/mol. The van der Waals surface area contributed by atoms with E-state index < -0.39 is 0 Å². The molecule has 35 heavy (non-hydrogen) atoms. The Kier molecular flexibility index (Phi) is 6.46. The number of thioether (sulfide) groups is 1. The number of carbonyl (C=O) groups excluding carboxylic acids is 1. The average molecular weight is 501 g/mol. The molecule has 0 fully saturated rings. The summed E-state index contributed by atoms with van der Waals surface area (Å²) in [6.07, 6.45) is 2.91. The van der Waals surface area contributed by atoms with Crippen molar-refractivity contribution in [3.63, 3.8) is 0 Å². The lowest BCUT2D eigenvalue weighted by Gasteiger charge is -2.18. The van der Waals surface area contributed by atoms with Crippen LogP contribution < -0.4 is 10.9 Å². The summed E-state index contributed by atoms with van der Waals surface area (Å²) in [5.74, 6) is 0.0515. The summed E-state index contributed by atoms with van der Waals surface area (Å²) in [7, 11) is 0. The molecule has 0 spiro atoms. The van der Waals surface area contributed by atoms with Crippen molar-refractivity contribution in [3.05, 3.63) is 80.5 Å². The number of nitrogens with zero attached hydrogens (tertiary/aromatic N) is 3. The third-order valence-corrected chi connectivity index (χ3v) is 8.31. The number of aromatic nitrogens is 2. The highest BCUT2D eigenvalue weighted by molar-refractivity contribution is 7.99. The highest BCUT2D eigenvalue weighted by Gasteiger charge is 2.24. The molecule has 176 valence electrons. The molecule has 4 aromatic rings. The number of amides is 1. The molecule has 0 unspecified atom stereocenters. The molecule has 0 saturated heterocycles. The van der Waals surface area contributed by atoms with Crippen LogP contribution in [-0.2, 0) is 17.6 Å². The van der Waals surface area contributed by atoms with Crippen molar-refractivity contribution in [3.8, 4) is 11.8 Å². The van der Waals surface area contributed by atoms with E-state index in [4.69, 9.17) is 4.98 Å². The quantitative estimate of drug-likeness (QED) is 0.273. The molecular weight excluding hydrogens is 476 g/mol. The van der Waals surface area contributed by atoms with Crippen molar-refractivity contribution in [1.29, 1.82) is 5.26 Å². The van der Waals surface area contributed by atoms with Crippen LogP contribution >= 0.6 is 23.1 Å². The molecule has 2 aromatic heterocycles. The zero-order valence-corrected chi connectivity index (χ0v) is 21.1. The van der Waals surface area contributed by atoms with Crippen molar-refractivity contribution in [2.24, 2.45) is 0 Å². The summed E-state index contributed by atoms with van der Waals surface area (Å²) >= 11 is 2.72. The number of nitriles is 1. The number of rotatable bonds is 6. The Bertz CT molecular complexity index is 1550. The van der Waals surface area contributed by atoms with Crippen molar-refractivity contribution in [2.75, 3.05) is 11.1 Å². The lowest BCUT2D eigenvalue weighted by molar-refractivity contribution is -0.113. The van der Waals surface area contributed by atoms with Crippen LogP contribution in [0, 0.1) is 11.3 Å². The maximum absolute atomic E-state index is 13.6. The minimum atomic E-state index is -0.225. The van der Waals surface area contributed by atoms with E-state index in [1.54, 1.807) is 10.6 Å². The molecule has 1 N–H and O–H groups in total. The Morgan fingerprint density at radius 3 is 2.77 bits per heavy atom. The van der Waals surface area contributed by atoms with E-state index in [2.05, 4.69) is 25.2 Å². The minimum absolute atomic E-state index is 0.0715. The van der Waals surface area contributed by atoms with Gasteiger partial charge in [-0.15, -0.1) is 11.3 Å². The van der Waals surface area contributed by atoms with E-state index in [0.29, 0.717) is 26.6 Å². The molecule has 6 nitrogen and oxygen atoms in total. The number of aryl methyl sites for hydroxylation is 1. The van der Waals surface area contributed by atoms with E-state index in [9.17, 15) is 14.9 Å². The van der Waals surface area contributed by atoms with Crippen molar-refractivity contribution >= 4 is 44.9 Å². The number of fused-ring (bicyclic) bond motifs is 2. The fourth-order valence-corrected chi connectivity index (χ4v) is 6.57. The first kappa shape index (κ1) is 23.3. The molecule has 0 aliphatic heterocycles. The van der Waals surface area contributed by atoms with Crippen LogP contribution in [0.25, 0.3) is 16.6 Å². The predicted molar refractivity (Wildman–Crippen MR) is 142 cm³/mol. The molecule has 1 aliphatic carbocycles. The number of carbonyl (C=O) groups is 1. The highest BCUT2D eigenvalue weighted by atomic mass is 32.2. The van der Waals surface area contributed by atoms with Crippen molar-refractivity contribution in [2.45, 2.75) is 44.2 Å². The van der Waals surface area contributed by atoms with Gasteiger partial charge in [-0.1, -0.05) is 55.9 Å². The third kappa shape index (κ3) is 4.38. The molecule has 8 heteroatoms. The third-order valence-electron chi connectivity index (χ3n) is 6.16. The predicted octanol–water partition coefficient (Wildman–Crippen LogP) is 5.66. The van der Waals surface area contributed by atoms with Gasteiger partial charge in [0.15, 0.2) is 5.16 Å². The number of thiophene rings is 1. The summed E-state index contributed by atoms with van der Waals surface area (Å²) in [5.41, 5.74) is 3.91. The lowest BCUT2D eigenvalue weighted by Crippen LogP contribution is -2.24. The highest BCUT2D eigenvalue weighted by Crippen LogP contribution is 2.38. The number of benzene rings is 2. The van der Waals surface area contributed by atoms with Crippen LogP contribution in [0.1, 0.15) is 47.8 Å². The summed E-state index contributed by atoms with van der Waals surface area (Å²) < 4.78 is 1.62. The molecule has 0 saturated carbocycles. The molecule has 1 aliphatic rings. The second-order valence-electron chi connectivity index (χ2n) is 8.78. The van der Waals surface area contributed by atoms with E-state index in [1.165, 1.54) is 28.0 Å². The van der Waals surface area contributed by atoms with Crippen LogP contribution in [0.3, 0.4) is 0 Å². The normalized spacial score (nSPS) is 12.6. The number of anilines is 1. The van der Waals surface area contributed by atoms with Gasteiger partial charge >= 0.3 is 0 Å². The standard InChI is InChI=1S/C27H24N4O2S2/c1-16(2)17-8-4-6-12-22(17)31-26(33)19-9-3-5-11-21(19)29-27(31)34-15-24(32)30-25-20(14-28)18-10-7-13-23(18)35-25/h3-6,8-9,11-12,16H,7,10,13,15H2,1-2H3,(H,30,32). The van der Waals surface area contributed by atoms with Crippen LogP contribution in [0.15, 0.2) is 58.5 Å². The van der Waals surface area contributed by atoms with Crippen LogP contribution in [0.2, 0.25) is 0 Å². The average Bonchev–Trinajstić information content (AvgIpc) is 3.43. The number of hydrogen-bond donors (Lipinski definition) is 1. The Morgan fingerprint density at radius 2 is 1.97 bits per heavy atom. The lowest BCUT2D eigenvalue weighted by atomic mass is 10.0. The molecule has 0 radical (unpaired) electrons. The second-order valence-corrected chi connectivity index (χ2v) is 10.8. The molecule has 1 amide bonds. The van der Waals surface area contributed by atoms with Crippen LogP contribution in [0.4, 0.5) is 5.00 Å². The Morgan fingerprint density at radius 1 is 1.20 bits per heavy atom. The topological polar surface area (TPSA) is 87.8 Å². The molecule has 5 rings (SSSR count). The smallest absolute Gasteiger partial charge is 0.266 e. The molecular formula is C27H24N4O2S2. The summed E-state index contributed by atoms with van der Waals surface area (Å²) in [6.45, 7) is 4.17. The zero-order chi connectivity index (χ0) is 24.5. The van der Waals surface area contributed by atoms with E-state index in [-0.39, 0.29) is 23.1 Å². The Balaban J connectivity index is 1.49. The van der Waals surface area contributed by atoms with Gasteiger partial charge in [-0.3, -0.25) is 14.2 Å². The maximum atomic E-state index is 13.6. The van der Waals surface area contributed by atoms with E-state index in [1.807, 2.05) is 42.5 Å². The van der Waals surface area contributed by atoms with E-state index in [0.717, 1.165) is 36.1 Å². The number of nitrogens with one attached hydrogen (secondary N) is 1. The van der Waals surface area contributed by atoms with E-state index >= 15 is 0 Å². The van der Waals surface area contributed by atoms with Gasteiger partial charge in [-0.2, -0.15) is 5.26 Å². The summed E-state index contributed by atoms with van der Waals surface area (Å²) in [4.78, 5) is 32.5. The SMILES string of the molecule is CC(C)c1ccccc1-n1c(SCC(=O)Nc2sc3c(c2C#N)CCC3)nc2ccccc2c1=O. The summed E-state index contributed by atoms with van der Waals surface area (Å²) in [5, 5.41) is 14.2. The number of para-hydroxylation sites is 2. The van der Waals surface area contributed by atoms with Gasteiger partial charge in [0, 0.05) is 4.88 Å². The van der Waals surface area contributed by atoms with Gasteiger partial charge in [0.1, 0.15) is 11.1 Å². The first-order valence-electron chi connectivity index (χ1n) is 11.6. The van der Waals surface area contributed by atoms with Gasteiger partial charge in [0.25, 0.3) is 5.56 Å². The minimum Gasteiger partial charge on any atom is -0.316 e. The molecule has 0 atom stereocenters. The zero-order valence-electron chi connectivity index (χ0n) is 19.5. The molecule has 2 heterocycles.